The summed E-state index contributed by atoms with van der Waals surface area (Å²) in [6.45, 7) is 5.57. The highest BCUT2D eigenvalue weighted by atomic mass is 16.5. The monoisotopic (exact) mass is 345 g/mol. The Balaban J connectivity index is 1.58. The van der Waals surface area contributed by atoms with Crippen LogP contribution in [0.2, 0.25) is 0 Å². The Morgan fingerprint density at radius 1 is 1.12 bits per heavy atom. The maximum atomic E-state index is 5.81. The largest absolute Gasteiger partial charge is 0.484 e. The van der Waals surface area contributed by atoms with E-state index in [2.05, 4.69) is 32.1 Å². The highest BCUT2D eigenvalue weighted by molar-refractivity contribution is 5.49. The third-order valence-electron chi connectivity index (χ3n) is 3.93. The number of aromatic nitrogens is 3. The van der Waals surface area contributed by atoms with Crippen LogP contribution in [0.3, 0.4) is 0 Å². The molecule has 3 rings (SSSR count). The minimum atomic E-state index is 0.337. The lowest BCUT2D eigenvalue weighted by Gasteiger charge is -2.35. The van der Waals surface area contributed by atoms with E-state index < -0.39 is 0 Å². The summed E-state index contributed by atoms with van der Waals surface area (Å²) in [6.07, 6.45) is 4.98. The Morgan fingerprint density at radius 2 is 1.92 bits per heavy atom. The van der Waals surface area contributed by atoms with E-state index in [9.17, 15) is 0 Å². The maximum absolute atomic E-state index is 5.81. The fraction of sp³-hybridized carbons (Fsp3) is 0.471. The average Bonchev–Trinajstić information content (AvgIpc) is 2.66. The van der Waals surface area contributed by atoms with Gasteiger partial charge in [0.2, 0.25) is 0 Å². The molecule has 8 heteroatoms. The standard InChI is InChI=1S/C17H23N5O3/c1-13-12-18-8-9-22(13)15-17(21-7-6-19-15)25-11-10-24-14-4-3-5-20-16(14)23-2/h3-7,13,18H,8-12H2,1-2H3. The molecule has 0 spiro atoms. The molecular weight excluding hydrogens is 322 g/mol. The zero-order chi connectivity index (χ0) is 17.5. The molecule has 25 heavy (non-hydrogen) atoms. The second kappa shape index (κ2) is 8.48. The first-order valence-electron chi connectivity index (χ1n) is 8.32. The van der Waals surface area contributed by atoms with Crippen molar-refractivity contribution in [3.63, 3.8) is 0 Å². The molecule has 3 heterocycles. The molecule has 1 fully saturated rings. The second-order valence-electron chi connectivity index (χ2n) is 5.64. The Hall–Kier alpha value is -2.61. The van der Waals surface area contributed by atoms with Crippen molar-refractivity contribution in [3.05, 3.63) is 30.7 Å². The molecule has 0 bridgehead atoms. The summed E-state index contributed by atoms with van der Waals surface area (Å²) >= 11 is 0. The van der Waals surface area contributed by atoms with Crippen LogP contribution in [0, 0.1) is 0 Å². The summed E-state index contributed by atoms with van der Waals surface area (Å²) in [6, 6.07) is 3.94. The first kappa shape index (κ1) is 17.2. The van der Waals surface area contributed by atoms with Crippen molar-refractivity contribution in [2.24, 2.45) is 0 Å². The van der Waals surface area contributed by atoms with Crippen LogP contribution in [-0.4, -0.2) is 61.0 Å². The summed E-state index contributed by atoms with van der Waals surface area (Å²) in [4.78, 5) is 15.1. The molecule has 0 saturated carbocycles. The molecule has 8 nitrogen and oxygen atoms in total. The fourth-order valence-electron chi connectivity index (χ4n) is 2.70. The third kappa shape index (κ3) is 4.27. The zero-order valence-electron chi connectivity index (χ0n) is 14.5. The van der Waals surface area contributed by atoms with E-state index >= 15 is 0 Å². The first-order valence-corrected chi connectivity index (χ1v) is 8.32. The van der Waals surface area contributed by atoms with Gasteiger partial charge in [0.05, 0.1) is 7.11 Å². The Kier molecular flexibility index (Phi) is 5.84. The van der Waals surface area contributed by atoms with Gasteiger partial charge in [-0.05, 0) is 19.1 Å². The van der Waals surface area contributed by atoms with E-state index in [0.717, 1.165) is 25.5 Å². The van der Waals surface area contributed by atoms with Crippen molar-refractivity contribution >= 4 is 5.82 Å². The van der Waals surface area contributed by atoms with E-state index in [1.807, 2.05) is 6.07 Å². The van der Waals surface area contributed by atoms with E-state index in [4.69, 9.17) is 14.2 Å². The van der Waals surface area contributed by atoms with Gasteiger partial charge in [0.1, 0.15) is 13.2 Å². The second-order valence-corrected chi connectivity index (χ2v) is 5.64. The molecule has 0 radical (unpaired) electrons. The minimum absolute atomic E-state index is 0.337. The van der Waals surface area contributed by atoms with Crippen LogP contribution in [-0.2, 0) is 0 Å². The number of hydrogen-bond acceptors (Lipinski definition) is 8. The van der Waals surface area contributed by atoms with E-state index in [1.165, 1.54) is 0 Å². The quantitative estimate of drug-likeness (QED) is 0.748. The van der Waals surface area contributed by atoms with Gasteiger partial charge in [-0.1, -0.05) is 0 Å². The van der Waals surface area contributed by atoms with Crippen LogP contribution >= 0.6 is 0 Å². The minimum Gasteiger partial charge on any atom is -0.484 e. The number of hydrogen-bond donors (Lipinski definition) is 1. The molecule has 0 aromatic carbocycles. The van der Waals surface area contributed by atoms with Crippen molar-refractivity contribution in [1.29, 1.82) is 0 Å². The lowest BCUT2D eigenvalue weighted by atomic mass is 10.2. The number of nitrogens with one attached hydrogen (secondary N) is 1. The molecule has 0 aliphatic carbocycles. The predicted molar refractivity (Wildman–Crippen MR) is 93.5 cm³/mol. The zero-order valence-corrected chi connectivity index (χ0v) is 14.5. The highest BCUT2D eigenvalue weighted by Gasteiger charge is 2.23. The van der Waals surface area contributed by atoms with Gasteiger partial charge in [0.25, 0.3) is 11.8 Å². The molecule has 1 N–H and O–H groups in total. The summed E-state index contributed by atoms with van der Waals surface area (Å²) in [5.41, 5.74) is 0. The lowest BCUT2D eigenvalue weighted by molar-refractivity contribution is 0.204. The number of rotatable bonds is 7. The van der Waals surface area contributed by atoms with E-state index in [1.54, 1.807) is 31.8 Å². The molecule has 2 aromatic heterocycles. The van der Waals surface area contributed by atoms with E-state index in [-0.39, 0.29) is 0 Å². The first-order chi connectivity index (χ1) is 12.3. The SMILES string of the molecule is COc1ncccc1OCCOc1nccnc1N1CCNCC1C. The van der Waals surface area contributed by atoms with Crippen LogP contribution in [0.25, 0.3) is 0 Å². The summed E-state index contributed by atoms with van der Waals surface area (Å²) < 4.78 is 16.6. The molecule has 134 valence electrons. The van der Waals surface area contributed by atoms with Crippen molar-refractivity contribution in [1.82, 2.24) is 20.3 Å². The molecule has 1 aliphatic heterocycles. The van der Waals surface area contributed by atoms with Crippen LogP contribution < -0.4 is 24.4 Å². The van der Waals surface area contributed by atoms with Crippen LogP contribution in [0.15, 0.2) is 30.7 Å². The van der Waals surface area contributed by atoms with E-state index in [0.29, 0.717) is 36.8 Å². The normalized spacial score (nSPS) is 17.2. The van der Waals surface area contributed by atoms with Gasteiger partial charge in [0.15, 0.2) is 11.6 Å². The maximum Gasteiger partial charge on any atom is 0.257 e. The van der Waals surface area contributed by atoms with Gasteiger partial charge in [-0.2, -0.15) is 0 Å². The molecular formula is C17H23N5O3. The average molecular weight is 345 g/mol. The van der Waals surface area contributed by atoms with Crippen LogP contribution in [0.1, 0.15) is 6.92 Å². The third-order valence-corrected chi connectivity index (χ3v) is 3.93. The summed E-state index contributed by atoms with van der Waals surface area (Å²) in [7, 11) is 1.56. The fourth-order valence-corrected chi connectivity index (χ4v) is 2.70. The van der Waals surface area contributed by atoms with Gasteiger partial charge in [0, 0.05) is 44.3 Å². The number of nitrogens with zero attached hydrogens (tertiary/aromatic N) is 4. The van der Waals surface area contributed by atoms with Crippen molar-refractivity contribution in [2.75, 3.05) is 44.9 Å². The Bertz CT molecular complexity index is 685. The van der Waals surface area contributed by atoms with Crippen molar-refractivity contribution < 1.29 is 14.2 Å². The summed E-state index contributed by atoms with van der Waals surface area (Å²) in [5.74, 6) is 2.34. The molecule has 1 atom stereocenters. The molecule has 1 unspecified atom stereocenters. The number of piperazine rings is 1. The topological polar surface area (TPSA) is 81.6 Å². The highest BCUT2D eigenvalue weighted by Crippen LogP contribution is 2.25. The molecule has 1 aliphatic rings. The van der Waals surface area contributed by atoms with Gasteiger partial charge >= 0.3 is 0 Å². The van der Waals surface area contributed by atoms with Gasteiger partial charge in [-0.3, -0.25) is 0 Å². The smallest absolute Gasteiger partial charge is 0.257 e. The number of methoxy groups -OCH3 is 1. The predicted octanol–water partition coefficient (Wildman–Crippen LogP) is 1.14. The van der Waals surface area contributed by atoms with Gasteiger partial charge in [-0.25, -0.2) is 15.0 Å². The van der Waals surface area contributed by atoms with Crippen molar-refractivity contribution in [2.45, 2.75) is 13.0 Å². The Morgan fingerprint density at radius 3 is 2.76 bits per heavy atom. The lowest BCUT2D eigenvalue weighted by Crippen LogP contribution is -2.50. The molecule has 0 amide bonds. The van der Waals surface area contributed by atoms with Gasteiger partial charge < -0.3 is 24.4 Å². The molecule has 2 aromatic rings. The van der Waals surface area contributed by atoms with Crippen LogP contribution in [0.5, 0.6) is 17.5 Å². The molecule has 1 saturated heterocycles. The number of ether oxygens (including phenoxy) is 3. The Labute approximate surface area is 147 Å². The van der Waals surface area contributed by atoms with Crippen molar-refractivity contribution in [3.8, 4) is 17.5 Å². The van der Waals surface area contributed by atoms with Gasteiger partial charge in [-0.15, -0.1) is 0 Å². The summed E-state index contributed by atoms with van der Waals surface area (Å²) in [5, 5.41) is 3.37. The number of anilines is 1. The number of pyridine rings is 1. The van der Waals surface area contributed by atoms with Crippen LogP contribution in [0.4, 0.5) is 5.82 Å².